The highest BCUT2D eigenvalue weighted by molar-refractivity contribution is 7.89. The molecule has 1 unspecified atom stereocenters. The maximum atomic E-state index is 13.2. The van der Waals surface area contributed by atoms with E-state index in [9.17, 15) is 13.2 Å². The van der Waals surface area contributed by atoms with Gasteiger partial charge < -0.3 is 10.1 Å². The molecule has 6 nitrogen and oxygen atoms in total. The third-order valence-corrected chi connectivity index (χ3v) is 8.57. The molecule has 2 aliphatic rings. The maximum Gasteiger partial charge on any atom is 0.251 e. The second-order valence-electron chi connectivity index (χ2n) is 8.67. The number of nitrogens with one attached hydrogen (secondary N) is 1. The van der Waals surface area contributed by atoms with Crippen molar-refractivity contribution in [3.8, 4) is 0 Å². The number of hydrogen-bond donors (Lipinski definition) is 1. The summed E-state index contributed by atoms with van der Waals surface area (Å²) in [5.74, 6) is -0.256. The molecule has 32 heavy (non-hydrogen) atoms. The lowest BCUT2D eigenvalue weighted by molar-refractivity contribution is 0.0730. The van der Waals surface area contributed by atoms with E-state index in [1.54, 1.807) is 19.1 Å². The number of aryl methyl sites for hydroxylation is 3. The van der Waals surface area contributed by atoms with Crippen molar-refractivity contribution < 1.29 is 17.9 Å². The number of nitrogens with zero attached hydrogens (tertiary/aromatic N) is 1. The number of ether oxygens (including phenoxy) is 1. The average Bonchev–Trinajstić information content (AvgIpc) is 2.82. The summed E-state index contributed by atoms with van der Waals surface area (Å²) in [6.45, 7) is 5.24. The molecular formula is C25H32N2O4S. The van der Waals surface area contributed by atoms with E-state index < -0.39 is 10.0 Å². The Labute approximate surface area is 191 Å². The molecule has 4 rings (SSSR count). The summed E-state index contributed by atoms with van der Waals surface area (Å²) in [6, 6.07) is 11.3. The first-order valence-corrected chi connectivity index (χ1v) is 12.9. The van der Waals surface area contributed by atoms with Gasteiger partial charge in [0, 0.05) is 18.7 Å². The molecule has 1 atom stereocenters. The van der Waals surface area contributed by atoms with Crippen LogP contribution in [0.4, 0.5) is 0 Å². The summed E-state index contributed by atoms with van der Waals surface area (Å²) in [7, 11) is -3.67. The van der Waals surface area contributed by atoms with Crippen LogP contribution in [0.5, 0.6) is 0 Å². The molecule has 1 amide bonds. The first-order chi connectivity index (χ1) is 15.4. The highest BCUT2D eigenvalue weighted by Crippen LogP contribution is 2.27. The minimum absolute atomic E-state index is 0.115. The van der Waals surface area contributed by atoms with E-state index in [0.717, 1.165) is 24.8 Å². The second kappa shape index (κ2) is 9.73. The van der Waals surface area contributed by atoms with E-state index in [-0.39, 0.29) is 16.8 Å². The molecule has 1 aliphatic carbocycles. The van der Waals surface area contributed by atoms with Crippen molar-refractivity contribution in [2.45, 2.75) is 56.9 Å². The van der Waals surface area contributed by atoms with Gasteiger partial charge in [-0.3, -0.25) is 4.79 Å². The van der Waals surface area contributed by atoms with Gasteiger partial charge in [-0.05, 0) is 73.4 Å². The number of morpholine rings is 1. The van der Waals surface area contributed by atoms with E-state index in [4.69, 9.17) is 4.74 Å². The molecule has 0 radical (unpaired) electrons. The number of fused-ring (bicyclic) bond motifs is 1. The van der Waals surface area contributed by atoms with Crippen LogP contribution in [0.2, 0.25) is 0 Å². The molecule has 1 heterocycles. The molecule has 0 saturated carbocycles. The largest absolute Gasteiger partial charge is 0.379 e. The predicted molar refractivity (Wildman–Crippen MR) is 124 cm³/mol. The fraction of sp³-hybridized carbons (Fsp3) is 0.480. The van der Waals surface area contributed by atoms with Gasteiger partial charge in [-0.1, -0.05) is 31.2 Å². The molecule has 0 aromatic heterocycles. The first kappa shape index (κ1) is 23.0. The van der Waals surface area contributed by atoms with Gasteiger partial charge in [-0.15, -0.1) is 0 Å². The third-order valence-electron chi connectivity index (χ3n) is 6.53. The lowest BCUT2D eigenvalue weighted by Gasteiger charge is -2.27. The molecule has 1 fully saturated rings. The Morgan fingerprint density at radius 1 is 1.06 bits per heavy atom. The van der Waals surface area contributed by atoms with Crippen molar-refractivity contribution in [3.05, 3.63) is 64.2 Å². The van der Waals surface area contributed by atoms with Gasteiger partial charge in [0.1, 0.15) is 0 Å². The van der Waals surface area contributed by atoms with Crippen molar-refractivity contribution in [3.63, 3.8) is 0 Å². The Hall–Kier alpha value is -2.22. The Bertz CT molecular complexity index is 1090. The van der Waals surface area contributed by atoms with Crippen molar-refractivity contribution in [1.82, 2.24) is 9.62 Å². The second-order valence-corrected chi connectivity index (χ2v) is 10.6. The average molecular weight is 457 g/mol. The normalized spacial score (nSPS) is 18.1. The highest BCUT2D eigenvalue weighted by atomic mass is 32.2. The van der Waals surface area contributed by atoms with Crippen molar-refractivity contribution in [1.29, 1.82) is 0 Å². The first-order valence-electron chi connectivity index (χ1n) is 11.5. The fourth-order valence-corrected chi connectivity index (χ4v) is 6.24. The maximum absolute atomic E-state index is 13.2. The van der Waals surface area contributed by atoms with Crippen LogP contribution >= 0.6 is 0 Å². The van der Waals surface area contributed by atoms with Gasteiger partial charge in [0.05, 0.1) is 24.2 Å². The van der Waals surface area contributed by atoms with E-state index in [1.807, 2.05) is 6.92 Å². The number of carbonyl (C=O) groups excluding carboxylic acids is 1. The molecule has 1 aliphatic heterocycles. The molecule has 1 N–H and O–H groups in total. The van der Waals surface area contributed by atoms with E-state index in [2.05, 4.69) is 23.5 Å². The van der Waals surface area contributed by atoms with Gasteiger partial charge in [-0.2, -0.15) is 4.31 Å². The molecule has 2 aromatic carbocycles. The van der Waals surface area contributed by atoms with E-state index >= 15 is 0 Å². The number of benzene rings is 2. The summed E-state index contributed by atoms with van der Waals surface area (Å²) in [5, 5.41) is 3.12. The quantitative estimate of drug-likeness (QED) is 0.718. The molecular weight excluding hydrogens is 424 g/mol. The predicted octanol–water partition coefficient (Wildman–Crippen LogP) is 3.78. The Morgan fingerprint density at radius 3 is 2.50 bits per heavy atom. The summed E-state index contributed by atoms with van der Waals surface area (Å²) in [5.41, 5.74) is 4.90. The number of sulfonamides is 1. The standard InChI is InChI=1S/C25H32N2O4S/c1-3-23(21-11-10-19-6-4-5-7-20(19)16-21)26-25(28)22-9-8-18(2)24(17-22)32(29,30)27-12-14-31-15-13-27/h8-11,16-17,23H,3-7,12-15H2,1-2H3,(H,26,28). The minimum Gasteiger partial charge on any atom is -0.379 e. The number of carbonyl (C=O) groups is 1. The molecule has 2 aromatic rings. The van der Waals surface area contributed by atoms with E-state index in [1.165, 1.54) is 34.3 Å². The van der Waals surface area contributed by atoms with Gasteiger partial charge in [0.25, 0.3) is 5.91 Å². The van der Waals surface area contributed by atoms with E-state index in [0.29, 0.717) is 37.4 Å². The SMILES string of the molecule is CCC(NC(=O)c1ccc(C)c(S(=O)(=O)N2CCOCC2)c1)c1ccc2c(c1)CCCC2. The topological polar surface area (TPSA) is 75.7 Å². The Morgan fingerprint density at radius 2 is 1.78 bits per heavy atom. The zero-order valence-electron chi connectivity index (χ0n) is 18.9. The van der Waals surface area contributed by atoms with Crippen LogP contribution in [-0.4, -0.2) is 44.9 Å². The van der Waals surface area contributed by atoms with Crippen LogP contribution < -0.4 is 5.32 Å². The summed E-state index contributed by atoms with van der Waals surface area (Å²) in [6.07, 6.45) is 5.43. The fourth-order valence-electron chi connectivity index (χ4n) is 4.58. The third kappa shape index (κ3) is 4.75. The van der Waals surface area contributed by atoms with Crippen LogP contribution in [-0.2, 0) is 27.6 Å². The Balaban J connectivity index is 1.56. The molecule has 0 spiro atoms. The van der Waals surface area contributed by atoms with Crippen LogP contribution in [0, 0.1) is 6.92 Å². The van der Waals surface area contributed by atoms with Crippen molar-refractivity contribution in [2.24, 2.45) is 0 Å². The number of rotatable bonds is 6. The van der Waals surface area contributed by atoms with Crippen LogP contribution in [0.25, 0.3) is 0 Å². The molecule has 0 bridgehead atoms. The van der Waals surface area contributed by atoms with Crippen LogP contribution in [0.1, 0.15) is 64.8 Å². The Kier molecular flexibility index (Phi) is 6.98. The van der Waals surface area contributed by atoms with Crippen molar-refractivity contribution >= 4 is 15.9 Å². The minimum atomic E-state index is -3.67. The summed E-state index contributed by atoms with van der Waals surface area (Å²) in [4.78, 5) is 13.3. The van der Waals surface area contributed by atoms with Gasteiger partial charge >= 0.3 is 0 Å². The molecule has 7 heteroatoms. The monoisotopic (exact) mass is 456 g/mol. The highest BCUT2D eigenvalue weighted by Gasteiger charge is 2.28. The number of hydrogen-bond acceptors (Lipinski definition) is 4. The van der Waals surface area contributed by atoms with Crippen molar-refractivity contribution in [2.75, 3.05) is 26.3 Å². The zero-order chi connectivity index (χ0) is 22.7. The lowest BCUT2D eigenvalue weighted by Crippen LogP contribution is -2.41. The lowest BCUT2D eigenvalue weighted by atomic mass is 9.88. The van der Waals surface area contributed by atoms with Crippen LogP contribution in [0.15, 0.2) is 41.3 Å². The molecule has 1 saturated heterocycles. The smallest absolute Gasteiger partial charge is 0.251 e. The van der Waals surface area contributed by atoms with Gasteiger partial charge in [0.15, 0.2) is 0 Å². The van der Waals surface area contributed by atoms with Gasteiger partial charge in [-0.25, -0.2) is 8.42 Å². The zero-order valence-corrected chi connectivity index (χ0v) is 19.7. The summed E-state index contributed by atoms with van der Waals surface area (Å²) >= 11 is 0. The van der Waals surface area contributed by atoms with Crippen LogP contribution in [0.3, 0.4) is 0 Å². The van der Waals surface area contributed by atoms with Gasteiger partial charge in [0.2, 0.25) is 10.0 Å². The number of amides is 1. The summed E-state index contributed by atoms with van der Waals surface area (Å²) < 4.78 is 33.0. The molecule has 172 valence electrons.